The molecule has 152 valence electrons. The molecule has 0 bridgehead atoms. The Morgan fingerprint density at radius 2 is 1.89 bits per heavy atom. The Hall–Kier alpha value is -2.15. The third-order valence-corrected chi connectivity index (χ3v) is 6.28. The lowest BCUT2D eigenvalue weighted by Crippen LogP contribution is -2.49. The number of pyridine rings is 1. The summed E-state index contributed by atoms with van der Waals surface area (Å²) in [4.78, 5) is 33.1. The molecular formula is C21H30N4O3. The highest BCUT2D eigenvalue weighted by Crippen LogP contribution is 2.27. The van der Waals surface area contributed by atoms with Gasteiger partial charge in [0.2, 0.25) is 5.91 Å². The van der Waals surface area contributed by atoms with Crippen LogP contribution in [0.4, 0.5) is 0 Å². The second kappa shape index (κ2) is 8.90. The average molecular weight is 386 g/mol. The molecule has 1 saturated heterocycles. The first kappa shape index (κ1) is 19.2. The number of piperazine rings is 1. The van der Waals surface area contributed by atoms with E-state index < -0.39 is 0 Å². The molecule has 0 unspecified atom stereocenters. The number of hydrogen-bond donors (Lipinski definition) is 0. The Kier molecular flexibility index (Phi) is 6.10. The highest BCUT2D eigenvalue weighted by molar-refractivity contribution is 5.76. The lowest BCUT2D eigenvalue weighted by molar-refractivity contribution is -0.133. The van der Waals surface area contributed by atoms with Crippen LogP contribution in [0, 0.1) is 5.92 Å². The monoisotopic (exact) mass is 386 g/mol. The van der Waals surface area contributed by atoms with E-state index in [1.165, 1.54) is 32.1 Å². The van der Waals surface area contributed by atoms with Gasteiger partial charge in [0, 0.05) is 51.9 Å². The maximum Gasteiger partial charge on any atom is 0.421 e. The quantitative estimate of drug-likeness (QED) is 0.763. The first-order chi connectivity index (χ1) is 13.7. The van der Waals surface area contributed by atoms with Crippen LogP contribution in [0.1, 0.15) is 44.9 Å². The van der Waals surface area contributed by atoms with E-state index in [9.17, 15) is 9.59 Å². The first-order valence-electron chi connectivity index (χ1n) is 10.7. The first-order valence-corrected chi connectivity index (χ1v) is 10.7. The van der Waals surface area contributed by atoms with Crippen LogP contribution in [0.25, 0.3) is 11.2 Å². The van der Waals surface area contributed by atoms with E-state index in [-0.39, 0.29) is 5.76 Å². The van der Waals surface area contributed by atoms with Crippen LogP contribution in [0.3, 0.4) is 0 Å². The average Bonchev–Trinajstić information content (AvgIpc) is 3.06. The SMILES string of the molecule is O=C(CCC1CCCCC1)N1CCN(CCn2c(=O)oc3cccnc32)CC1. The molecule has 7 heteroatoms. The van der Waals surface area contributed by atoms with Crippen molar-refractivity contribution in [3.63, 3.8) is 0 Å². The van der Waals surface area contributed by atoms with Gasteiger partial charge in [-0.25, -0.2) is 9.78 Å². The lowest BCUT2D eigenvalue weighted by atomic mass is 9.86. The Labute approximate surface area is 165 Å². The van der Waals surface area contributed by atoms with Gasteiger partial charge in [-0.2, -0.15) is 0 Å². The van der Waals surface area contributed by atoms with Crippen LogP contribution in [0.15, 0.2) is 27.5 Å². The number of hydrogen-bond acceptors (Lipinski definition) is 5. The molecule has 4 rings (SSSR count). The highest BCUT2D eigenvalue weighted by Gasteiger charge is 2.23. The summed E-state index contributed by atoms with van der Waals surface area (Å²) in [5, 5.41) is 0. The van der Waals surface area contributed by atoms with E-state index in [1.54, 1.807) is 22.9 Å². The molecule has 0 N–H and O–H groups in total. The van der Waals surface area contributed by atoms with Crippen LogP contribution < -0.4 is 5.76 Å². The molecule has 2 fully saturated rings. The number of carbonyl (C=O) groups is 1. The molecule has 2 aromatic heterocycles. The molecule has 3 heterocycles. The standard InChI is InChI=1S/C21H30N4O3/c26-19(9-8-17-5-2-1-3-6-17)24-14-11-23(12-15-24)13-16-25-20-18(28-21(25)27)7-4-10-22-20/h4,7,10,17H,1-3,5-6,8-9,11-16H2. The van der Waals surface area contributed by atoms with Gasteiger partial charge in [-0.3, -0.25) is 14.3 Å². The van der Waals surface area contributed by atoms with E-state index >= 15 is 0 Å². The predicted octanol–water partition coefficient (Wildman–Crippen LogP) is 2.49. The number of fused-ring (bicyclic) bond motifs is 1. The van der Waals surface area contributed by atoms with E-state index in [0.717, 1.165) is 45.1 Å². The van der Waals surface area contributed by atoms with Crippen molar-refractivity contribution in [2.45, 2.75) is 51.5 Å². The van der Waals surface area contributed by atoms with E-state index in [2.05, 4.69) is 9.88 Å². The van der Waals surface area contributed by atoms with Crippen molar-refractivity contribution in [2.24, 2.45) is 5.92 Å². The van der Waals surface area contributed by atoms with Gasteiger partial charge in [-0.05, 0) is 24.5 Å². The largest absolute Gasteiger partial charge is 0.421 e. The minimum absolute atomic E-state index is 0.312. The van der Waals surface area contributed by atoms with Gasteiger partial charge in [-0.1, -0.05) is 32.1 Å². The number of carbonyl (C=O) groups excluding carboxylic acids is 1. The zero-order chi connectivity index (χ0) is 19.3. The third kappa shape index (κ3) is 4.46. The van der Waals surface area contributed by atoms with E-state index in [1.807, 2.05) is 4.90 Å². The number of nitrogens with zero attached hydrogens (tertiary/aromatic N) is 4. The fourth-order valence-corrected chi connectivity index (χ4v) is 4.52. The third-order valence-electron chi connectivity index (χ3n) is 6.28. The number of rotatable bonds is 6. The molecule has 28 heavy (non-hydrogen) atoms. The summed E-state index contributed by atoms with van der Waals surface area (Å²) in [5.74, 6) is 0.715. The van der Waals surface area contributed by atoms with Crippen LogP contribution >= 0.6 is 0 Å². The zero-order valence-corrected chi connectivity index (χ0v) is 16.5. The minimum Gasteiger partial charge on any atom is -0.406 e. The van der Waals surface area contributed by atoms with Crippen molar-refractivity contribution in [3.8, 4) is 0 Å². The van der Waals surface area contributed by atoms with Crippen LogP contribution in [0.2, 0.25) is 0 Å². The van der Waals surface area contributed by atoms with E-state index in [0.29, 0.717) is 30.1 Å². The van der Waals surface area contributed by atoms with Gasteiger partial charge >= 0.3 is 5.76 Å². The summed E-state index contributed by atoms with van der Waals surface area (Å²) in [6.45, 7) is 4.58. The second-order valence-electron chi connectivity index (χ2n) is 8.11. The molecule has 0 radical (unpaired) electrons. The van der Waals surface area contributed by atoms with Crippen LogP contribution in [-0.4, -0.2) is 58.0 Å². The molecular weight excluding hydrogens is 356 g/mol. The maximum absolute atomic E-state index is 12.5. The minimum atomic E-state index is -0.356. The molecule has 1 aliphatic heterocycles. The van der Waals surface area contributed by atoms with Crippen molar-refractivity contribution >= 4 is 17.1 Å². The van der Waals surface area contributed by atoms with Crippen molar-refractivity contribution in [3.05, 3.63) is 28.9 Å². The zero-order valence-electron chi connectivity index (χ0n) is 16.5. The van der Waals surface area contributed by atoms with Crippen molar-refractivity contribution < 1.29 is 9.21 Å². The lowest BCUT2D eigenvalue weighted by Gasteiger charge is -2.35. The molecule has 2 aromatic rings. The Bertz CT molecular complexity index is 845. The Morgan fingerprint density at radius 1 is 1.11 bits per heavy atom. The summed E-state index contributed by atoms with van der Waals surface area (Å²) in [6.07, 6.45) is 10.1. The molecule has 1 amide bonds. The molecule has 1 aliphatic carbocycles. The van der Waals surface area contributed by atoms with Crippen molar-refractivity contribution in [1.82, 2.24) is 19.4 Å². The molecule has 0 spiro atoms. The number of aromatic nitrogens is 2. The van der Waals surface area contributed by atoms with Crippen LogP contribution in [0.5, 0.6) is 0 Å². The van der Waals surface area contributed by atoms with Gasteiger partial charge in [0.05, 0.1) is 0 Å². The Balaban J connectivity index is 1.22. The van der Waals surface area contributed by atoms with Gasteiger partial charge < -0.3 is 9.32 Å². The Morgan fingerprint density at radius 3 is 2.68 bits per heavy atom. The van der Waals surface area contributed by atoms with E-state index in [4.69, 9.17) is 4.42 Å². The molecule has 1 saturated carbocycles. The van der Waals surface area contributed by atoms with Gasteiger partial charge in [0.15, 0.2) is 11.2 Å². The fourth-order valence-electron chi connectivity index (χ4n) is 4.52. The highest BCUT2D eigenvalue weighted by atomic mass is 16.4. The number of amides is 1. The summed E-state index contributed by atoms with van der Waals surface area (Å²) in [6, 6.07) is 3.53. The topological polar surface area (TPSA) is 71.6 Å². The summed E-state index contributed by atoms with van der Waals surface area (Å²) in [5.41, 5.74) is 1.13. The summed E-state index contributed by atoms with van der Waals surface area (Å²) < 4.78 is 6.83. The van der Waals surface area contributed by atoms with Crippen molar-refractivity contribution in [1.29, 1.82) is 0 Å². The van der Waals surface area contributed by atoms with Gasteiger partial charge in [0.1, 0.15) is 0 Å². The number of oxazole rings is 1. The summed E-state index contributed by atoms with van der Waals surface area (Å²) >= 11 is 0. The normalized spacial score (nSPS) is 19.4. The molecule has 7 nitrogen and oxygen atoms in total. The smallest absolute Gasteiger partial charge is 0.406 e. The molecule has 0 aromatic carbocycles. The summed E-state index contributed by atoms with van der Waals surface area (Å²) in [7, 11) is 0. The molecule has 0 atom stereocenters. The van der Waals surface area contributed by atoms with Gasteiger partial charge in [0.25, 0.3) is 0 Å². The molecule has 2 aliphatic rings. The predicted molar refractivity (Wildman–Crippen MR) is 107 cm³/mol. The van der Waals surface area contributed by atoms with Gasteiger partial charge in [-0.15, -0.1) is 0 Å². The van der Waals surface area contributed by atoms with Crippen molar-refractivity contribution in [2.75, 3.05) is 32.7 Å². The fraction of sp³-hybridized carbons (Fsp3) is 0.667. The van der Waals surface area contributed by atoms with Crippen LogP contribution in [-0.2, 0) is 11.3 Å². The second-order valence-corrected chi connectivity index (χ2v) is 8.11. The maximum atomic E-state index is 12.5.